The Morgan fingerprint density at radius 3 is 2.90 bits per heavy atom. The quantitative estimate of drug-likeness (QED) is 0.656. The number of nitrogens with two attached hydrogens (primary N) is 1. The summed E-state index contributed by atoms with van der Waals surface area (Å²) in [7, 11) is 0. The summed E-state index contributed by atoms with van der Waals surface area (Å²) in [5.41, 5.74) is 4.71. The molecule has 5 heteroatoms. The molecule has 1 atom stereocenters. The van der Waals surface area contributed by atoms with Gasteiger partial charge < -0.3 is 4.74 Å². The number of rotatable bonds is 5. The summed E-state index contributed by atoms with van der Waals surface area (Å²) < 4.78 is 5.81. The molecule has 1 aromatic heterocycles. The Morgan fingerprint density at radius 1 is 1.35 bits per heavy atom. The van der Waals surface area contributed by atoms with Crippen LogP contribution in [0.2, 0.25) is 5.02 Å². The maximum atomic E-state index is 6.19. The molecule has 0 spiro atoms. The van der Waals surface area contributed by atoms with Crippen LogP contribution >= 0.6 is 11.6 Å². The Morgan fingerprint density at radius 2 is 2.20 bits per heavy atom. The van der Waals surface area contributed by atoms with Gasteiger partial charge >= 0.3 is 0 Å². The SMILES string of the molecule is NNC(c1cccc(OC2CC2)c1)c1ccncc1Cl. The molecule has 4 nitrogen and oxygen atoms in total. The van der Waals surface area contributed by atoms with Gasteiger partial charge in [0.1, 0.15) is 5.75 Å². The number of benzene rings is 1. The fraction of sp³-hybridized carbons (Fsp3) is 0.267. The average Bonchev–Trinajstić information content (AvgIpc) is 3.26. The molecule has 1 unspecified atom stereocenters. The topological polar surface area (TPSA) is 60.2 Å². The van der Waals surface area contributed by atoms with Crippen molar-refractivity contribution in [2.24, 2.45) is 5.84 Å². The van der Waals surface area contributed by atoms with Gasteiger partial charge in [-0.2, -0.15) is 0 Å². The molecule has 3 N–H and O–H groups in total. The number of halogens is 1. The Labute approximate surface area is 122 Å². The maximum Gasteiger partial charge on any atom is 0.120 e. The predicted octanol–water partition coefficient (Wildman–Crippen LogP) is 2.83. The molecule has 1 heterocycles. The van der Waals surface area contributed by atoms with Crippen molar-refractivity contribution in [3.63, 3.8) is 0 Å². The van der Waals surface area contributed by atoms with Gasteiger partial charge in [0.25, 0.3) is 0 Å². The largest absolute Gasteiger partial charge is 0.490 e. The fourth-order valence-corrected chi connectivity index (χ4v) is 2.36. The first-order valence-electron chi connectivity index (χ1n) is 6.60. The molecule has 1 aliphatic carbocycles. The van der Waals surface area contributed by atoms with Crippen LogP contribution in [0, 0.1) is 0 Å². The zero-order valence-corrected chi connectivity index (χ0v) is 11.7. The van der Waals surface area contributed by atoms with Gasteiger partial charge in [-0.3, -0.25) is 10.8 Å². The summed E-state index contributed by atoms with van der Waals surface area (Å²) in [6.07, 6.45) is 5.97. The molecule has 0 amide bonds. The lowest BCUT2D eigenvalue weighted by Crippen LogP contribution is -2.29. The Bertz CT molecular complexity index is 601. The summed E-state index contributed by atoms with van der Waals surface area (Å²) in [4.78, 5) is 4.00. The van der Waals surface area contributed by atoms with Crippen molar-refractivity contribution in [1.82, 2.24) is 10.4 Å². The van der Waals surface area contributed by atoms with Gasteiger partial charge in [0.15, 0.2) is 0 Å². The Balaban J connectivity index is 1.90. The third kappa shape index (κ3) is 2.93. The van der Waals surface area contributed by atoms with E-state index >= 15 is 0 Å². The Hall–Kier alpha value is -1.62. The van der Waals surface area contributed by atoms with Crippen LogP contribution < -0.4 is 16.0 Å². The highest BCUT2D eigenvalue weighted by molar-refractivity contribution is 6.31. The lowest BCUT2D eigenvalue weighted by Gasteiger charge is -2.18. The van der Waals surface area contributed by atoms with E-state index in [2.05, 4.69) is 10.4 Å². The van der Waals surface area contributed by atoms with E-state index in [-0.39, 0.29) is 6.04 Å². The van der Waals surface area contributed by atoms with Gasteiger partial charge in [-0.25, -0.2) is 5.43 Å². The molecular weight excluding hydrogens is 274 g/mol. The van der Waals surface area contributed by atoms with E-state index in [1.165, 1.54) is 0 Å². The van der Waals surface area contributed by atoms with Gasteiger partial charge in [-0.1, -0.05) is 23.7 Å². The second-order valence-corrected chi connectivity index (χ2v) is 5.29. The third-order valence-electron chi connectivity index (χ3n) is 3.30. The molecule has 1 saturated carbocycles. The minimum Gasteiger partial charge on any atom is -0.490 e. The molecule has 1 aromatic carbocycles. The van der Waals surface area contributed by atoms with E-state index in [1.807, 2.05) is 30.3 Å². The molecule has 0 saturated heterocycles. The molecule has 104 valence electrons. The molecule has 1 fully saturated rings. The van der Waals surface area contributed by atoms with Crippen LogP contribution in [0.15, 0.2) is 42.7 Å². The first kappa shape index (κ1) is 13.4. The summed E-state index contributed by atoms with van der Waals surface area (Å²) in [5, 5.41) is 0.587. The zero-order chi connectivity index (χ0) is 13.9. The van der Waals surface area contributed by atoms with Crippen LogP contribution in [0.25, 0.3) is 0 Å². The molecule has 3 rings (SSSR count). The van der Waals surface area contributed by atoms with Crippen molar-refractivity contribution in [1.29, 1.82) is 0 Å². The van der Waals surface area contributed by atoms with Crippen LogP contribution in [-0.2, 0) is 0 Å². The van der Waals surface area contributed by atoms with E-state index in [9.17, 15) is 0 Å². The van der Waals surface area contributed by atoms with Crippen LogP contribution in [-0.4, -0.2) is 11.1 Å². The van der Waals surface area contributed by atoms with E-state index < -0.39 is 0 Å². The number of hydrogen-bond donors (Lipinski definition) is 2. The third-order valence-corrected chi connectivity index (χ3v) is 3.62. The number of nitrogens with one attached hydrogen (secondary N) is 1. The molecule has 0 radical (unpaired) electrons. The minimum absolute atomic E-state index is 0.187. The zero-order valence-electron chi connectivity index (χ0n) is 10.9. The Kier molecular flexibility index (Phi) is 3.87. The van der Waals surface area contributed by atoms with Crippen LogP contribution in [0.3, 0.4) is 0 Å². The van der Waals surface area contributed by atoms with Crippen molar-refractivity contribution in [3.05, 3.63) is 58.9 Å². The second-order valence-electron chi connectivity index (χ2n) is 4.89. The minimum atomic E-state index is -0.187. The number of aromatic nitrogens is 1. The van der Waals surface area contributed by atoms with Crippen molar-refractivity contribution in [2.75, 3.05) is 0 Å². The van der Waals surface area contributed by atoms with E-state index in [1.54, 1.807) is 12.4 Å². The van der Waals surface area contributed by atoms with Crippen LogP contribution in [0.4, 0.5) is 0 Å². The molecule has 0 aliphatic heterocycles. The maximum absolute atomic E-state index is 6.19. The average molecular weight is 290 g/mol. The van der Waals surface area contributed by atoms with E-state index in [0.717, 1.165) is 29.7 Å². The van der Waals surface area contributed by atoms with Crippen LogP contribution in [0.1, 0.15) is 30.0 Å². The molecule has 1 aliphatic rings. The standard InChI is InChI=1S/C15H16ClN3O/c16-14-9-18-7-6-13(14)15(19-17)10-2-1-3-12(8-10)20-11-4-5-11/h1-3,6-9,11,15,19H,4-5,17H2. The van der Waals surface area contributed by atoms with E-state index in [0.29, 0.717) is 11.1 Å². The number of nitrogens with zero attached hydrogens (tertiary/aromatic N) is 1. The number of hydrogen-bond acceptors (Lipinski definition) is 4. The van der Waals surface area contributed by atoms with Crippen molar-refractivity contribution < 1.29 is 4.74 Å². The highest BCUT2D eigenvalue weighted by atomic mass is 35.5. The number of hydrazine groups is 1. The van der Waals surface area contributed by atoms with Crippen LogP contribution in [0.5, 0.6) is 5.75 Å². The van der Waals surface area contributed by atoms with E-state index in [4.69, 9.17) is 22.2 Å². The molecule has 20 heavy (non-hydrogen) atoms. The summed E-state index contributed by atoms with van der Waals surface area (Å²) in [6, 6.07) is 9.60. The van der Waals surface area contributed by atoms with Gasteiger partial charge in [-0.15, -0.1) is 0 Å². The monoisotopic (exact) mass is 289 g/mol. The lowest BCUT2D eigenvalue weighted by atomic mass is 10.00. The smallest absolute Gasteiger partial charge is 0.120 e. The van der Waals surface area contributed by atoms with Gasteiger partial charge in [0, 0.05) is 12.4 Å². The summed E-state index contributed by atoms with van der Waals surface area (Å²) in [5.74, 6) is 6.57. The molecule has 0 bridgehead atoms. The highest BCUT2D eigenvalue weighted by Gasteiger charge is 2.24. The first-order valence-corrected chi connectivity index (χ1v) is 6.98. The first-order chi connectivity index (χ1) is 9.78. The number of pyridine rings is 1. The predicted molar refractivity (Wildman–Crippen MR) is 78.5 cm³/mol. The lowest BCUT2D eigenvalue weighted by molar-refractivity contribution is 0.302. The van der Waals surface area contributed by atoms with Gasteiger partial charge in [0.2, 0.25) is 0 Å². The fourth-order valence-electron chi connectivity index (χ4n) is 2.13. The summed E-state index contributed by atoms with van der Waals surface area (Å²) >= 11 is 6.19. The molecule has 2 aromatic rings. The highest BCUT2D eigenvalue weighted by Crippen LogP contribution is 2.31. The second kappa shape index (κ2) is 5.79. The normalized spacial score (nSPS) is 15.9. The summed E-state index contributed by atoms with van der Waals surface area (Å²) in [6.45, 7) is 0. The number of ether oxygens (including phenoxy) is 1. The van der Waals surface area contributed by atoms with Crippen molar-refractivity contribution in [2.45, 2.75) is 25.0 Å². The van der Waals surface area contributed by atoms with Crippen molar-refractivity contribution >= 4 is 11.6 Å². The van der Waals surface area contributed by atoms with Crippen molar-refractivity contribution in [3.8, 4) is 5.75 Å². The molecular formula is C15H16ClN3O. The van der Waals surface area contributed by atoms with Gasteiger partial charge in [0.05, 0.1) is 17.2 Å². The van der Waals surface area contributed by atoms with Gasteiger partial charge in [-0.05, 0) is 42.2 Å².